The molecule has 0 radical (unpaired) electrons. The molecule has 0 aliphatic heterocycles. The average Bonchev–Trinajstić information content (AvgIpc) is 3.15. The van der Waals surface area contributed by atoms with Crippen LogP contribution in [0.1, 0.15) is 43.7 Å². The summed E-state index contributed by atoms with van der Waals surface area (Å²) >= 11 is 0. The van der Waals surface area contributed by atoms with Crippen molar-refractivity contribution in [1.29, 1.82) is 0 Å². The summed E-state index contributed by atoms with van der Waals surface area (Å²) in [6, 6.07) is 13.3. The maximum atomic E-state index is 12.6. The maximum absolute atomic E-state index is 12.6. The van der Waals surface area contributed by atoms with Crippen molar-refractivity contribution in [1.82, 2.24) is 9.78 Å². The van der Waals surface area contributed by atoms with E-state index in [9.17, 15) is 14.4 Å². The Labute approximate surface area is 173 Å². The normalized spacial score (nSPS) is 10.4. The van der Waals surface area contributed by atoms with Crippen LogP contribution in [0, 0.1) is 6.92 Å². The summed E-state index contributed by atoms with van der Waals surface area (Å²) in [5, 5.41) is 6.96. The zero-order valence-corrected chi connectivity index (χ0v) is 16.8. The van der Waals surface area contributed by atoms with Crippen LogP contribution in [0.2, 0.25) is 0 Å². The summed E-state index contributed by atoms with van der Waals surface area (Å²) in [5.74, 6) is -1.34. The molecule has 1 amide bonds. The fourth-order valence-electron chi connectivity index (χ4n) is 2.91. The predicted molar refractivity (Wildman–Crippen MR) is 110 cm³/mol. The fraction of sp³-hybridized carbons (Fsp3) is 0.182. The van der Waals surface area contributed by atoms with Crippen molar-refractivity contribution in [3.8, 4) is 5.69 Å². The zero-order chi connectivity index (χ0) is 21.7. The van der Waals surface area contributed by atoms with Crippen LogP contribution in [0.5, 0.6) is 0 Å². The Morgan fingerprint density at radius 2 is 1.70 bits per heavy atom. The predicted octanol–water partition coefficient (Wildman–Crippen LogP) is 3.40. The number of carbonyl (C=O) groups is 3. The van der Waals surface area contributed by atoms with Gasteiger partial charge in [-0.3, -0.25) is 4.79 Å². The van der Waals surface area contributed by atoms with Gasteiger partial charge in [-0.2, -0.15) is 5.10 Å². The minimum absolute atomic E-state index is 0.267. The second kappa shape index (κ2) is 9.04. The van der Waals surface area contributed by atoms with Gasteiger partial charge in [0, 0.05) is 5.56 Å². The Hall–Kier alpha value is -3.94. The van der Waals surface area contributed by atoms with Gasteiger partial charge in [-0.1, -0.05) is 12.1 Å². The molecule has 0 spiro atoms. The maximum Gasteiger partial charge on any atom is 0.341 e. The number of rotatable bonds is 6. The van der Waals surface area contributed by atoms with Crippen molar-refractivity contribution in [2.75, 3.05) is 19.0 Å². The lowest BCUT2D eigenvalue weighted by molar-refractivity contribution is 0.0524. The molecule has 0 saturated heterocycles. The number of methoxy groups -OCH3 is 1. The van der Waals surface area contributed by atoms with Crippen LogP contribution in [0.15, 0.2) is 54.7 Å². The Balaban J connectivity index is 1.79. The molecule has 0 aliphatic rings. The van der Waals surface area contributed by atoms with Gasteiger partial charge in [-0.25, -0.2) is 14.3 Å². The van der Waals surface area contributed by atoms with Gasteiger partial charge in [-0.05, 0) is 50.2 Å². The molecule has 0 unspecified atom stereocenters. The first-order valence-corrected chi connectivity index (χ1v) is 9.27. The van der Waals surface area contributed by atoms with Crippen LogP contribution in [0.25, 0.3) is 5.69 Å². The number of nitrogens with zero attached hydrogens (tertiary/aromatic N) is 2. The lowest BCUT2D eigenvalue weighted by Crippen LogP contribution is -2.15. The molecule has 0 fully saturated rings. The van der Waals surface area contributed by atoms with E-state index in [4.69, 9.17) is 9.47 Å². The molecule has 0 aliphatic carbocycles. The number of nitrogens with one attached hydrogen (secondary N) is 1. The first-order valence-electron chi connectivity index (χ1n) is 9.27. The Morgan fingerprint density at radius 3 is 2.37 bits per heavy atom. The van der Waals surface area contributed by atoms with Crippen LogP contribution in [0.4, 0.5) is 5.69 Å². The second-order valence-electron chi connectivity index (χ2n) is 6.31. The van der Waals surface area contributed by atoms with Crippen LogP contribution >= 0.6 is 0 Å². The monoisotopic (exact) mass is 407 g/mol. The average molecular weight is 407 g/mol. The highest BCUT2D eigenvalue weighted by atomic mass is 16.5. The number of esters is 2. The van der Waals surface area contributed by atoms with Gasteiger partial charge in [0.1, 0.15) is 5.56 Å². The topological polar surface area (TPSA) is 99.5 Å². The molecule has 3 aromatic rings. The first-order chi connectivity index (χ1) is 14.5. The van der Waals surface area contributed by atoms with Gasteiger partial charge in [-0.15, -0.1) is 0 Å². The van der Waals surface area contributed by atoms with Gasteiger partial charge < -0.3 is 14.8 Å². The number of amides is 1. The fourth-order valence-corrected chi connectivity index (χ4v) is 2.91. The van der Waals surface area contributed by atoms with Crippen molar-refractivity contribution in [2.45, 2.75) is 13.8 Å². The van der Waals surface area contributed by atoms with Crippen molar-refractivity contribution in [3.63, 3.8) is 0 Å². The largest absolute Gasteiger partial charge is 0.465 e. The summed E-state index contributed by atoms with van der Waals surface area (Å²) in [6.45, 7) is 3.79. The summed E-state index contributed by atoms with van der Waals surface area (Å²) < 4.78 is 11.4. The Bertz CT molecular complexity index is 1090. The number of hydrogen-bond donors (Lipinski definition) is 1. The third kappa shape index (κ3) is 4.22. The van der Waals surface area contributed by atoms with Crippen molar-refractivity contribution < 1.29 is 23.9 Å². The minimum atomic E-state index is -0.534. The van der Waals surface area contributed by atoms with Crippen molar-refractivity contribution in [2.24, 2.45) is 0 Å². The zero-order valence-electron chi connectivity index (χ0n) is 16.8. The van der Waals surface area contributed by atoms with E-state index in [2.05, 4.69) is 10.4 Å². The van der Waals surface area contributed by atoms with Gasteiger partial charge in [0.05, 0.1) is 42.5 Å². The van der Waals surface area contributed by atoms with E-state index in [0.29, 0.717) is 28.2 Å². The molecule has 3 rings (SSSR count). The number of ether oxygens (including phenoxy) is 2. The number of anilines is 1. The van der Waals surface area contributed by atoms with Gasteiger partial charge in [0.15, 0.2) is 0 Å². The SMILES string of the molecule is CCOC(=O)c1cnn(-c2ccc(C(=O)Nc3ccccc3C(=O)OC)cc2)c1C. The molecule has 30 heavy (non-hydrogen) atoms. The van der Waals surface area contributed by atoms with Gasteiger partial charge in [0.25, 0.3) is 5.91 Å². The van der Waals surface area contributed by atoms with E-state index < -0.39 is 11.9 Å². The third-order valence-corrected chi connectivity index (χ3v) is 4.46. The standard InChI is InChI=1S/C22H21N3O5/c1-4-30-22(28)18-13-23-25(14(18)2)16-11-9-15(10-12-16)20(26)24-19-8-6-5-7-17(19)21(27)29-3/h5-13H,4H2,1-3H3,(H,24,26). The highest BCUT2D eigenvalue weighted by molar-refractivity contribution is 6.08. The van der Waals surface area contributed by atoms with Gasteiger partial charge in [0.2, 0.25) is 0 Å². The van der Waals surface area contributed by atoms with E-state index >= 15 is 0 Å². The molecule has 1 heterocycles. The first kappa shape index (κ1) is 20.8. The van der Waals surface area contributed by atoms with E-state index in [-0.39, 0.29) is 18.1 Å². The van der Waals surface area contributed by atoms with Crippen molar-refractivity contribution in [3.05, 3.63) is 77.1 Å². The van der Waals surface area contributed by atoms with E-state index in [1.165, 1.54) is 13.3 Å². The summed E-state index contributed by atoms with van der Waals surface area (Å²) in [6.07, 6.45) is 1.46. The van der Waals surface area contributed by atoms with Crippen LogP contribution in [-0.4, -0.2) is 41.3 Å². The number of benzene rings is 2. The van der Waals surface area contributed by atoms with Crippen LogP contribution in [0.3, 0.4) is 0 Å². The number of aromatic nitrogens is 2. The molecule has 154 valence electrons. The molecule has 0 saturated carbocycles. The lowest BCUT2D eigenvalue weighted by atomic mass is 10.1. The quantitative estimate of drug-likeness (QED) is 0.629. The highest BCUT2D eigenvalue weighted by Gasteiger charge is 2.17. The number of carbonyl (C=O) groups excluding carboxylic acids is 3. The number of hydrogen-bond acceptors (Lipinski definition) is 6. The summed E-state index contributed by atoms with van der Waals surface area (Å²) in [7, 11) is 1.28. The highest BCUT2D eigenvalue weighted by Crippen LogP contribution is 2.19. The van der Waals surface area contributed by atoms with Crippen molar-refractivity contribution >= 4 is 23.5 Å². The molecule has 0 atom stereocenters. The van der Waals surface area contributed by atoms with E-state index in [1.807, 2.05) is 0 Å². The Morgan fingerprint density at radius 1 is 1.00 bits per heavy atom. The molecule has 1 aromatic heterocycles. The van der Waals surface area contributed by atoms with Crippen LogP contribution < -0.4 is 5.32 Å². The molecule has 0 bridgehead atoms. The molecule has 8 nitrogen and oxygen atoms in total. The number of para-hydroxylation sites is 1. The molecular weight excluding hydrogens is 386 g/mol. The molecule has 2 aromatic carbocycles. The second-order valence-corrected chi connectivity index (χ2v) is 6.31. The van der Waals surface area contributed by atoms with Crippen LogP contribution in [-0.2, 0) is 9.47 Å². The minimum Gasteiger partial charge on any atom is -0.465 e. The lowest BCUT2D eigenvalue weighted by Gasteiger charge is -2.10. The third-order valence-electron chi connectivity index (χ3n) is 4.46. The molecular formula is C22H21N3O5. The van der Waals surface area contributed by atoms with E-state index in [0.717, 1.165) is 0 Å². The van der Waals surface area contributed by atoms with Gasteiger partial charge >= 0.3 is 11.9 Å². The smallest absolute Gasteiger partial charge is 0.341 e. The summed E-state index contributed by atoms with van der Waals surface area (Å²) in [4.78, 5) is 36.4. The molecule has 8 heteroatoms. The molecule has 1 N–H and O–H groups in total. The Kier molecular flexibility index (Phi) is 6.26. The summed E-state index contributed by atoms with van der Waals surface area (Å²) in [5.41, 5.74) is 2.74. The van der Waals surface area contributed by atoms with E-state index in [1.54, 1.807) is 67.1 Å².